The Morgan fingerprint density at radius 3 is 1.48 bits per heavy atom. The maximum absolute atomic E-state index is 12.7. The molecule has 9 nitrogen and oxygen atoms in total. The minimum atomic E-state index is -0.988. The highest BCUT2D eigenvalue weighted by atomic mass is 32.1. The van der Waals surface area contributed by atoms with E-state index in [0.29, 0.717) is 46.0 Å². The molecule has 2 aromatic heterocycles. The minimum absolute atomic E-state index is 0.00679. The van der Waals surface area contributed by atoms with Crippen LogP contribution in [-0.2, 0) is 9.59 Å². The third kappa shape index (κ3) is 8.85. The summed E-state index contributed by atoms with van der Waals surface area (Å²) in [5.74, 6) is 0.178. The second-order valence-electron chi connectivity index (χ2n) is 11.4. The lowest BCUT2D eigenvalue weighted by Gasteiger charge is -2.12. The van der Waals surface area contributed by atoms with Gasteiger partial charge in [-0.15, -0.1) is 22.7 Å². The van der Waals surface area contributed by atoms with Crippen molar-refractivity contribution < 1.29 is 43.2 Å². The summed E-state index contributed by atoms with van der Waals surface area (Å²) in [4.78, 5) is 49.1. The van der Waals surface area contributed by atoms with Gasteiger partial charge < -0.3 is 24.1 Å². The molecule has 0 fully saturated rings. The lowest BCUT2D eigenvalue weighted by atomic mass is 10.0. The SMILES string of the molecule is COc1cc2sc(C(=O)C[C@H](C)C(C)=O)cc2cc1OCCCCCCOc1cc2cc(C(=O)C[C@H](C)C(=O)O)sc2cc1OC. The number of Topliss-reactive ketones (excluding diaryl/α,β-unsaturated/α-hetero) is 3. The van der Waals surface area contributed by atoms with E-state index in [1.54, 1.807) is 27.2 Å². The van der Waals surface area contributed by atoms with E-state index < -0.39 is 11.9 Å². The normalized spacial score (nSPS) is 12.5. The minimum Gasteiger partial charge on any atom is -0.493 e. The maximum atomic E-state index is 12.7. The third-order valence-corrected chi connectivity index (χ3v) is 10.1. The Kier molecular flexibility index (Phi) is 12.2. The highest BCUT2D eigenvalue weighted by Gasteiger charge is 2.20. The Hall–Kier alpha value is -3.96. The molecule has 4 aromatic rings. The summed E-state index contributed by atoms with van der Waals surface area (Å²) in [5, 5.41) is 10.9. The van der Waals surface area contributed by atoms with Crippen LogP contribution in [0.1, 0.15) is 78.6 Å². The summed E-state index contributed by atoms with van der Waals surface area (Å²) >= 11 is 2.72. The predicted molar refractivity (Wildman–Crippen MR) is 181 cm³/mol. The van der Waals surface area contributed by atoms with Crippen molar-refractivity contribution in [1.29, 1.82) is 0 Å². The van der Waals surface area contributed by atoms with E-state index in [1.807, 2.05) is 30.3 Å². The van der Waals surface area contributed by atoms with E-state index in [0.717, 1.165) is 45.9 Å². The number of carbonyl (C=O) groups is 4. The van der Waals surface area contributed by atoms with Crippen molar-refractivity contribution in [1.82, 2.24) is 0 Å². The molecule has 0 bridgehead atoms. The summed E-state index contributed by atoms with van der Waals surface area (Å²) < 4.78 is 24.9. The molecule has 0 radical (unpaired) electrons. The standard InChI is InChI=1S/C35H40O9S2/c1-20(22(3)36)12-25(37)33-16-23-14-29(27(41-4)18-31(23)45-33)43-10-8-6-7-9-11-44-30-15-24-17-34(26(38)13-21(2)35(39)40)46-32(24)19-28(30)42-5/h14-21H,6-13H2,1-5H3,(H,39,40)/t20-,21-/m0/s1. The van der Waals surface area contributed by atoms with Crippen LogP contribution in [0.2, 0.25) is 0 Å². The van der Waals surface area contributed by atoms with Gasteiger partial charge in [-0.3, -0.25) is 19.2 Å². The molecule has 2 aromatic carbocycles. The predicted octanol–water partition coefficient (Wildman–Crippen LogP) is 8.24. The van der Waals surface area contributed by atoms with E-state index in [9.17, 15) is 19.2 Å². The van der Waals surface area contributed by atoms with Gasteiger partial charge in [0.15, 0.2) is 34.6 Å². The van der Waals surface area contributed by atoms with Crippen LogP contribution in [0, 0.1) is 11.8 Å². The Morgan fingerprint density at radius 1 is 0.652 bits per heavy atom. The van der Waals surface area contributed by atoms with Gasteiger partial charge in [0.1, 0.15) is 5.78 Å². The number of carboxylic acid groups (broad SMARTS) is 1. The number of methoxy groups -OCH3 is 2. The molecule has 0 aliphatic heterocycles. The number of fused-ring (bicyclic) bond motifs is 2. The number of carboxylic acids is 1. The average molecular weight is 669 g/mol. The number of thiophene rings is 2. The topological polar surface area (TPSA) is 125 Å². The van der Waals surface area contributed by atoms with Crippen molar-refractivity contribution in [3.63, 3.8) is 0 Å². The Bertz CT molecular complexity index is 1590. The number of ether oxygens (including phenoxy) is 4. The van der Waals surface area contributed by atoms with Crippen molar-refractivity contribution in [3.8, 4) is 23.0 Å². The first kappa shape index (κ1) is 34.9. The highest BCUT2D eigenvalue weighted by Crippen LogP contribution is 2.38. The van der Waals surface area contributed by atoms with Gasteiger partial charge in [-0.2, -0.15) is 0 Å². The number of hydrogen-bond donors (Lipinski definition) is 1. The molecular weight excluding hydrogens is 629 g/mol. The van der Waals surface area contributed by atoms with Crippen LogP contribution in [-0.4, -0.2) is 55.9 Å². The quantitative estimate of drug-likeness (QED) is 0.0777. The molecule has 2 heterocycles. The van der Waals surface area contributed by atoms with Gasteiger partial charge in [-0.05, 0) is 67.6 Å². The van der Waals surface area contributed by atoms with Crippen LogP contribution in [0.4, 0.5) is 0 Å². The fourth-order valence-corrected chi connectivity index (χ4v) is 6.87. The number of carbonyl (C=O) groups excluding carboxylic acids is 3. The van der Waals surface area contributed by atoms with E-state index in [1.165, 1.54) is 36.5 Å². The molecular formula is C35H40O9S2. The van der Waals surface area contributed by atoms with Gasteiger partial charge in [0, 0.05) is 40.3 Å². The summed E-state index contributed by atoms with van der Waals surface area (Å²) in [6.45, 7) is 5.83. The van der Waals surface area contributed by atoms with E-state index in [-0.39, 0.29) is 36.1 Å². The molecule has 1 N–H and O–H groups in total. The van der Waals surface area contributed by atoms with Gasteiger partial charge in [-0.1, -0.05) is 13.8 Å². The number of rotatable bonds is 19. The van der Waals surface area contributed by atoms with Crippen molar-refractivity contribution >= 4 is 66.2 Å². The van der Waals surface area contributed by atoms with E-state index in [4.69, 9.17) is 24.1 Å². The van der Waals surface area contributed by atoms with Crippen molar-refractivity contribution in [2.75, 3.05) is 27.4 Å². The van der Waals surface area contributed by atoms with Crippen LogP contribution in [0.15, 0.2) is 36.4 Å². The molecule has 0 saturated heterocycles. The molecule has 0 amide bonds. The zero-order chi connectivity index (χ0) is 33.4. The molecule has 0 spiro atoms. The Labute approximate surface area is 276 Å². The van der Waals surface area contributed by atoms with Crippen molar-refractivity contribution in [2.45, 2.75) is 59.3 Å². The van der Waals surface area contributed by atoms with Crippen LogP contribution in [0.25, 0.3) is 20.2 Å². The molecule has 11 heteroatoms. The molecule has 46 heavy (non-hydrogen) atoms. The number of unbranched alkanes of at least 4 members (excludes halogenated alkanes) is 3. The van der Waals surface area contributed by atoms with E-state index in [2.05, 4.69) is 0 Å². The zero-order valence-corrected chi connectivity index (χ0v) is 28.4. The van der Waals surface area contributed by atoms with Crippen molar-refractivity contribution in [3.05, 3.63) is 46.2 Å². The summed E-state index contributed by atoms with van der Waals surface area (Å²) in [6.07, 6.45) is 3.73. The van der Waals surface area contributed by atoms with Crippen LogP contribution in [0.3, 0.4) is 0 Å². The molecule has 0 unspecified atom stereocenters. The Morgan fingerprint density at radius 2 is 1.09 bits per heavy atom. The molecule has 4 rings (SSSR count). The van der Waals surface area contributed by atoms with Gasteiger partial charge in [0.25, 0.3) is 0 Å². The van der Waals surface area contributed by atoms with Gasteiger partial charge in [0.05, 0.1) is 43.1 Å². The fourth-order valence-electron chi connectivity index (χ4n) is 4.82. The molecule has 246 valence electrons. The Balaban J connectivity index is 1.24. The van der Waals surface area contributed by atoms with Crippen molar-refractivity contribution in [2.24, 2.45) is 11.8 Å². The van der Waals surface area contributed by atoms with Gasteiger partial charge in [-0.25, -0.2) is 0 Å². The summed E-state index contributed by atoms with van der Waals surface area (Å²) in [7, 11) is 3.16. The van der Waals surface area contributed by atoms with Gasteiger partial charge in [0.2, 0.25) is 0 Å². The third-order valence-electron chi connectivity index (χ3n) is 7.81. The first-order valence-corrected chi connectivity index (χ1v) is 16.9. The lowest BCUT2D eigenvalue weighted by Crippen LogP contribution is -2.13. The molecule has 0 aliphatic carbocycles. The smallest absolute Gasteiger partial charge is 0.306 e. The van der Waals surface area contributed by atoms with Crippen LogP contribution in [0.5, 0.6) is 23.0 Å². The second-order valence-corrected chi connectivity index (χ2v) is 13.6. The second kappa shape index (κ2) is 16.0. The number of aliphatic carboxylic acids is 1. The first-order chi connectivity index (χ1) is 22.0. The first-order valence-electron chi connectivity index (χ1n) is 15.3. The van der Waals surface area contributed by atoms with E-state index >= 15 is 0 Å². The number of ketones is 3. The largest absolute Gasteiger partial charge is 0.493 e. The van der Waals surface area contributed by atoms with Crippen LogP contribution < -0.4 is 18.9 Å². The van der Waals surface area contributed by atoms with Gasteiger partial charge >= 0.3 is 5.97 Å². The monoisotopic (exact) mass is 668 g/mol. The summed E-state index contributed by atoms with van der Waals surface area (Å²) in [5.41, 5.74) is 0. The number of benzene rings is 2. The lowest BCUT2D eigenvalue weighted by molar-refractivity contribution is -0.141. The highest BCUT2D eigenvalue weighted by molar-refractivity contribution is 7.21. The average Bonchev–Trinajstić information content (AvgIpc) is 3.64. The summed E-state index contributed by atoms with van der Waals surface area (Å²) in [6, 6.07) is 11.1. The zero-order valence-electron chi connectivity index (χ0n) is 26.8. The maximum Gasteiger partial charge on any atom is 0.306 e. The molecule has 0 aliphatic rings. The number of hydrogen-bond acceptors (Lipinski definition) is 10. The van der Waals surface area contributed by atoms with Crippen LogP contribution >= 0.6 is 22.7 Å². The molecule has 2 atom stereocenters. The fraction of sp³-hybridized carbons (Fsp3) is 0.429. The molecule has 0 saturated carbocycles.